The van der Waals surface area contributed by atoms with Crippen LogP contribution in [0.25, 0.3) is 11.0 Å². The monoisotopic (exact) mass is 420 g/mol. The van der Waals surface area contributed by atoms with E-state index in [4.69, 9.17) is 11.6 Å². The fourth-order valence-electron chi connectivity index (χ4n) is 1.90. The number of alkyl halides is 1. The van der Waals surface area contributed by atoms with E-state index in [2.05, 4.69) is 41.8 Å². The molecule has 0 aliphatic rings. The van der Waals surface area contributed by atoms with Crippen LogP contribution in [0.1, 0.15) is 16.5 Å². The highest BCUT2D eigenvalue weighted by molar-refractivity contribution is 9.11. The largest absolute Gasteiger partial charge is 0.323 e. The number of hydrogen-bond acceptors (Lipinski definition) is 2. The molecule has 0 bridgehead atoms. The maximum absolute atomic E-state index is 11.3. The molecule has 2 N–H and O–H groups in total. The number of imidazole rings is 1. The number of hydrogen-bond donors (Lipinski definition) is 2. The van der Waals surface area contributed by atoms with Gasteiger partial charge in [0, 0.05) is 4.47 Å². The van der Waals surface area contributed by atoms with E-state index >= 15 is 0 Å². The lowest BCUT2D eigenvalue weighted by Gasteiger charge is -2.10. The quantitative estimate of drug-likeness (QED) is 0.574. The smallest absolute Gasteiger partial charge is 0.306 e. The number of benzene rings is 1. The van der Waals surface area contributed by atoms with E-state index in [1.165, 1.54) is 0 Å². The van der Waals surface area contributed by atoms with Gasteiger partial charge in [-0.25, -0.2) is 4.79 Å². The molecule has 0 spiro atoms. The number of fused-ring (bicyclic) bond motifs is 1. The summed E-state index contributed by atoms with van der Waals surface area (Å²) < 4.78 is 1.91. The molecule has 3 aromatic rings. The topological polar surface area (TPSA) is 48.6 Å². The van der Waals surface area contributed by atoms with Crippen molar-refractivity contribution in [2.75, 3.05) is 0 Å². The average Bonchev–Trinajstić information content (AvgIpc) is 2.92. The molecule has 2 heterocycles. The number of aromatic nitrogens is 2. The third kappa shape index (κ3) is 2.54. The molecule has 0 saturated heterocycles. The maximum atomic E-state index is 11.3. The average molecular weight is 423 g/mol. The number of aromatic amines is 2. The predicted octanol–water partition coefficient (Wildman–Crippen LogP) is 4.77. The Balaban J connectivity index is 2.13. The highest BCUT2D eigenvalue weighted by Gasteiger charge is 2.17. The van der Waals surface area contributed by atoms with Crippen molar-refractivity contribution in [2.45, 2.75) is 5.38 Å². The lowest BCUT2D eigenvalue weighted by atomic mass is 10.1. The van der Waals surface area contributed by atoms with Crippen LogP contribution < -0.4 is 5.69 Å². The Labute approximate surface area is 134 Å². The van der Waals surface area contributed by atoms with Crippen LogP contribution in [-0.2, 0) is 0 Å². The third-order valence-corrected chi connectivity index (χ3v) is 5.48. The molecule has 1 unspecified atom stereocenters. The van der Waals surface area contributed by atoms with Crippen molar-refractivity contribution >= 4 is 65.8 Å². The first-order chi connectivity index (χ1) is 9.04. The van der Waals surface area contributed by atoms with Gasteiger partial charge < -0.3 is 9.97 Å². The lowest BCUT2D eigenvalue weighted by molar-refractivity contribution is 1.14. The summed E-state index contributed by atoms with van der Waals surface area (Å²) in [6.07, 6.45) is 0. The van der Waals surface area contributed by atoms with Crippen molar-refractivity contribution in [2.24, 2.45) is 0 Å². The van der Waals surface area contributed by atoms with E-state index in [9.17, 15) is 4.79 Å². The van der Waals surface area contributed by atoms with E-state index in [1.54, 1.807) is 11.3 Å². The van der Waals surface area contributed by atoms with Crippen molar-refractivity contribution in [3.63, 3.8) is 0 Å². The number of thiophene rings is 1. The van der Waals surface area contributed by atoms with Crippen LogP contribution in [0.3, 0.4) is 0 Å². The van der Waals surface area contributed by atoms with Gasteiger partial charge in [-0.2, -0.15) is 0 Å². The molecule has 19 heavy (non-hydrogen) atoms. The molecular formula is C12H7Br2ClN2OS. The summed E-state index contributed by atoms with van der Waals surface area (Å²) in [5.74, 6) is 0. The molecule has 0 fully saturated rings. The first kappa shape index (κ1) is 13.4. The SMILES string of the molecule is O=c1[nH]c2cc(Br)c(C(Cl)c3csc(Br)c3)cc2[nH]1. The van der Waals surface area contributed by atoms with Gasteiger partial charge in [-0.15, -0.1) is 22.9 Å². The zero-order valence-electron chi connectivity index (χ0n) is 9.34. The minimum Gasteiger partial charge on any atom is -0.306 e. The lowest BCUT2D eigenvalue weighted by Crippen LogP contribution is -1.99. The summed E-state index contributed by atoms with van der Waals surface area (Å²) in [6, 6.07) is 5.75. The van der Waals surface area contributed by atoms with Crippen LogP contribution in [0.5, 0.6) is 0 Å². The Hall–Kier alpha value is -0.560. The van der Waals surface area contributed by atoms with Crippen molar-refractivity contribution in [1.29, 1.82) is 0 Å². The van der Waals surface area contributed by atoms with Gasteiger partial charge in [0.1, 0.15) is 0 Å². The second kappa shape index (κ2) is 5.09. The number of H-pyrrole nitrogens is 2. The molecule has 0 saturated carbocycles. The summed E-state index contributed by atoms with van der Waals surface area (Å²) in [6.45, 7) is 0. The third-order valence-electron chi connectivity index (χ3n) is 2.79. The zero-order chi connectivity index (χ0) is 13.6. The van der Waals surface area contributed by atoms with Crippen molar-refractivity contribution in [1.82, 2.24) is 9.97 Å². The van der Waals surface area contributed by atoms with Crippen LogP contribution in [0.4, 0.5) is 0 Å². The highest BCUT2D eigenvalue weighted by atomic mass is 79.9. The fourth-order valence-corrected chi connectivity index (χ4v) is 4.19. The van der Waals surface area contributed by atoms with Crippen LogP contribution >= 0.6 is 54.8 Å². The van der Waals surface area contributed by atoms with Crippen molar-refractivity contribution in [3.05, 3.63) is 53.4 Å². The second-order valence-electron chi connectivity index (χ2n) is 4.05. The summed E-state index contributed by atoms with van der Waals surface area (Å²) in [7, 11) is 0. The molecule has 2 aromatic heterocycles. The molecule has 0 amide bonds. The van der Waals surface area contributed by atoms with Crippen LogP contribution in [0, 0.1) is 0 Å². The van der Waals surface area contributed by atoms with Gasteiger partial charge in [-0.3, -0.25) is 0 Å². The maximum Gasteiger partial charge on any atom is 0.323 e. The molecule has 3 rings (SSSR count). The molecular weight excluding hydrogens is 415 g/mol. The molecule has 3 nitrogen and oxygen atoms in total. The van der Waals surface area contributed by atoms with E-state index in [1.807, 2.05) is 23.6 Å². The van der Waals surface area contributed by atoms with Gasteiger partial charge in [0.25, 0.3) is 0 Å². The Bertz CT molecular complexity index is 808. The Kier molecular flexibility index (Phi) is 3.59. The fraction of sp³-hybridized carbons (Fsp3) is 0.0833. The molecule has 98 valence electrons. The Morgan fingerprint density at radius 3 is 2.47 bits per heavy atom. The van der Waals surface area contributed by atoms with Crippen LogP contribution in [-0.4, -0.2) is 9.97 Å². The molecule has 0 aliphatic heterocycles. The van der Waals surface area contributed by atoms with Gasteiger partial charge in [0.05, 0.1) is 20.2 Å². The minimum atomic E-state index is -0.264. The van der Waals surface area contributed by atoms with Gasteiger partial charge in [-0.1, -0.05) is 15.9 Å². The van der Waals surface area contributed by atoms with E-state index in [0.717, 1.165) is 30.4 Å². The van der Waals surface area contributed by atoms with Crippen molar-refractivity contribution in [3.8, 4) is 0 Å². The van der Waals surface area contributed by atoms with Gasteiger partial charge >= 0.3 is 5.69 Å². The molecule has 7 heteroatoms. The minimum absolute atomic E-state index is 0.219. The van der Waals surface area contributed by atoms with E-state index < -0.39 is 0 Å². The predicted molar refractivity (Wildman–Crippen MR) is 86.3 cm³/mol. The van der Waals surface area contributed by atoms with E-state index in [-0.39, 0.29) is 11.1 Å². The van der Waals surface area contributed by atoms with Gasteiger partial charge in [-0.05, 0) is 50.6 Å². The van der Waals surface area contributed by atoms with Crippen molar-refractivity contribution < 1.29 is 0 Å². The number of nitrogens with one attached hydrogen (secondary N) is 2. The molecule has 0 aliphatic carbocycles. The molecule has 0 radical (unpaired) electrons. The van der Waals surface area contributed by atoms with Crippen LogP contribution in [0.15, 0.2) is 36.6 Å². The van der Waals surface area contributed by atoms with E-state index in [0.29, 0.717) is 0 Å². The van der Waals surface area contributed by atoms with Gasteiger partial charge in [0.15, 0.2) is 0 Å². The summed E-state index contributed by atoms with van der Waals surface area (Å²) in [5, 5.41) is 1.75. The summed E-state index contributed by atoms with van der Waals surface area (Å²) in [5.41, 5.74) is 3.24. The normalized spacial score (nSPS) is 13.0. The second-order valence-corrected chi connectivity index (χ2v) is 7.63. The first-order valence-electron chi connectivity index (χ1n) is 5.34. The zero-order valence-corrected chi connectivity index (χ0v) is 14.1. The number of halogens is 3. The highest BCUT2D eigenvalue weighted by Crippen LogP contribution is 2.38. The first-order valence-corrected chi connectivity index (χ1v) is 8.24. The molecule has 1 atom stereocenters. The van der Waals surface area contributed by atoms with Gasteiger partial charge in [0.2, 0.25) is 0 Å². The summed E-state index contributed by atoms with van der Waals surface area (Å²) in [4.78, 5) is 16.8. The standard InChI is InChI=1S/C12H7Br2ClN2OS/c13-7-3-9-8(16-12(18)17-9)2-6(7)11(15)5-1-10(14)19-4-5/h1-4,11H,(H2,16,17,18). The number of rotatable bonds is 2. The Morgan fingerprint density at radius 2 is 1.84 bits per heavy atom. The molecule has 1 aromatic carbocycles. The summed E-state index contributed by atoms with van der Waals surface area (Å²) >= 11 is 15.0. The Morgan fingerprint density at radius 1 is 1.16 bits per heavy atom. The van der Waals surface area contributed by atoms with Crippen LogP contribution in [0.2, 0.25) is 0 Å².